The maximum absolute atomic E-state index is 12.1. The Morgan fingerprint density at radius 2 is 1.65 bits per heavy atom. The van der Waals surface area contributed by atoms with Crippen LogP contribution in [0.5, 0.6) is 5.75 Å². The molecule has 1 amide bonds. The lowest BCUT2D eigenvalue weighted by Crippen LogP contribution is -2.08. The minimum absolute atomic E-state index is 0.145. The Kier molecular flexibility index (Phi) is 7.62. The van der Waals surface area contributed by atoms with Gasteiger partial charge in [0.2, 0.25) is 5.91 Å². The zero-order chi connectivity index (χ0) is 18.8. The molecule has 0 unspecified atom stereocenters. The van der Waals surface area contributed by atoms with Gasteiger partial charge in [-0.15, -0.1) is 0 Å². The standard InChI is InChI=1S/C22H25NO3/c1-2-3-4-5-6-21(25)18-10-12-19(13-11-18)23-22(26)16-9-17-7-14-20(24)15-8-17/h7-16,24H,2-6H2,1H3,(H,23,26). The van der Waals surface area contributed by atoms with Crippen LogP contribution in [-0.4, -0.2) is 16.8 Å². The number of carbonyl (C=O) groups is 2. The van der Waals surface area contributed by atoms with Crippen LogP contribution in [-0.2, 0) is 4.79 Å². The monoisotopic (exact) mass is 351 g/mol. The number of carbonyl (C=O) groups excluding carboxylic acids is 2. The summed E-state index contributed by atoms with van der Waals surface area (Å²) in [5.74, 6) is 0.0783. The van der Waals surface area contributed by atoms with E-state index in [-0.39, 0.29) is 17.4 Å². The van der Waals surface area contributed by atoms with Gasteiger partial charge in [0.25, 0.3) is 0 Å². The van der Waals surface area contributed by atoms with E-state index in [1.54, 1.807) is 54.6 Å². The number of aromatic hydroxyl groups is 1. The Bertz CT molecular complexity index is 746. The maximum atomic E-state index is 12.1. The van der Waals surface area contributed by atoms with Gasteiger partial charge in [-0.2, -0.15) is 0 Å². The lowest BCUT2D eigenvalue weighted by Gasteiger charge is -2.05. The van der Waals surface area contributed by atoms with E-state index >= 15 is 0 Å². The van der Waals surface area contributed by atoms with Gasteiger partial charge < -0.3 is 10.4 Å². The number of nitrogens with one attached hydrogen (secondary N) is 1. The van der Waals surface area contributed by atoms with Crippen LogP contribution in [0.15, 0.2) is 54.6 Å². The van der Waals surface area contributed by atoms with Crippen molar-refractivity contribution in [2.75, 3.05) is 5.32 Å². The molecule has 4 heteroatoms. The van der Waals surface area contributed by atoms with Gasteiger partial charge in [0.1, 0.15) is 5.75 Å². The van der Waals surface area contributed by atoms with Crippen LogP contribution in [0, 0.1) is 0 Å². The normalized spacial score (nSPS) is 10.8. The molecule has 0 aliphatic carbocycles. The highest BCUT2D eigenvalue weighted by atomic mass is 16.3. The SMILES string of the molecule is CCCCCCC(=O)c1ccc(NC(=O)C=Cc2ccc(O)cc2)cc1. The predicted molar refractivity (Wildman–Crippen MR) is 105 cm³/mol. The number of anilines is 1. The summed E-state index contributed by atoms with van der Waals surface area (Å²) in [5, 5.41) is 12.0. The molecule has 0 heterocycles. The highest BCUT2D eigenvalue weighted by Crippen LogP contribution is 2.14. The molecule has 2 N–H and O–H groups in total. The fraction of sp³-hybridized carbons (Fsp3) is 0.273. The third-order valence-electron chi connectivity index (χ3n) is 4.05. The van der Waals surface area contributed by atoms with Crippen LogP contribution in [0.2, 0.25) is 0 Å². The number of amides is 1. The average molecular weight is 351 g/mol. The van der Waals surface area contributed by atoms with Crippen molar-refractivity contribution < 1.29 is 14.7 Å². The van der Waals surface area contributed by atoms with Crippen molar-refractivity contribution in [1.82, 2.24) is 0 Å². The molecular formula is C22H25NO3. The van der Waals surface area contributed by atoms with E-state index in [1.165, 1.54) is 6.08 Å². The van der Waals surface area contributed by atoms with Gasteiger partial charge in [0, 0.05) is 23.7 Å². The first-order chi connectivity index (χ1) is 12.6. The third kappa shape index (κ3) is 6.55. The quantitative estimate of drug-likeness (QED) is 0.371. The van der Waals surface area contributed by atoms with Crippen molar-refractivity contribution in [1.29, 1.82) is 0 Å². The van der Waals surface area contributed by atoms with Gasteiger partial charge >= 0.3 is 0 Å². The lowest BCUT2D eigenvalue weighted by atomic mass is 10.0. The maximum Gasteiger partial charge on any atom is 0.248 e. The molecule has 2 aromatic carbocycles. The number of rotatable bonds is 9. The second-order valence-electron chi connectivity index (χ2n) is 6.23. The number of Topliss-reactive ketones (excluding diaryl/α,β-unsaturated/α-hetero) is 1. The van der Waals surface area contributed by atoms with Crippen molar-refractivity contribution in [3.63, 3.8) is 0 Å². The summed E-state index contributed by atoms with van der Waals surface area (Å²) in [6.07, 6.45) is 8.00. The first kappa shape index (κ1) is 19.4. The zero-order valence-corrected chi connectivity index (χ0v) is 15.1. The highest BCUT2D eigenvalue weighted by molar-refractivity contribution is 6.02. The molecule has 0 radical (unpaired) electrons. The van der Waals surface area contributed by atoms with Gasteiger partial charge in [-0.1, -0.05) is 38.3 Å². The van der Waals surface area contributed by atoms with E-state index < -0.39 is 0 Å². The van der Waals surface area contributed by atoms with E-state index in [0.717, 1.165) is 31.2 Å². The largest absolute Gasteiger partial charge is 0.508 e. The number of ketones is 1. The fourth-order valence-electron chi connectivity index (χ4n) is 2.54. The summed E-state index contributed by atoms with van der Waals surface area (Å²) in [6, 6.07) is 13.6. The van der Waals surface area contributed by atoms with Crippen LogP contribution in [0.4, 0.5) is 5.69 Å². The predicted octanol–water partition coefficient (Wildman–Crippen LogP) is 5.20. The third-order valence-corrected chi connectivity index (χ3v) is 4.05. The van der Waals surface area contributed by atoms with Gasteiger partial charge in [-0.25, -0.2) is 0 Å². The minimum atomic E-state index is -0.253. The van der Waals surface area contributed by atoms with Crippen LogP contribution < -0.4 is 5.32 Å². The number of benzene rings is 2. The Balaban J connectivity index is 1.85. The molecule has 0 aliphatic heterocycles. The van der Waals surface area contributed by atoms with Crippen molar-refractivity contribution >= 4 is 23.5 Å². The Labute approximate surface area is 154 Å². The van der Waals surface area contributed by atoms with Crippen LogP contribution in [0.3, 0.4) is 0 Å². The first-order valence-corrected chi connectivity index (χ1v) is 9.00. The van der Waals surface area contributed by atoms with Crippen LogP contribution in [0.25, 0.3) is 6.08 Å². The second kappa shape index (κ2) is 10.2. The number of phenolic OH excluding ortho intramolecular Hbond substituents is 1. The molecule has 0 atom stereocenters. The molecule has 26 heavy (non-hydrogen) atoms. The number of hydrogen-bond acceptors (Lipinski definition) is 3. The molecule has 0 aromatic heterocycles. The van der Waals surface area contributed by atoms with E-state index in [1.807, 2.05) is 0 Å². The topological polar surface area (TPSA) is 66.4 Å². The zero-order valence-electron chi connectivity index (χ0n) is 15.1. The van der Waals surface area contributed by atoms with Crippen LogP contribution >= 0.6 is 0 Å². The molecule has 2 rings (SSSR count). The van der Waals surface area contributed by atoms with Crippen LogP contribution in [0.1, 0.15) is 54.9 Å². The molecule has 0 saturated carbocycles. The second-order valence-corrected chi connectivity index (χ2v) is 6.23. The summed E-state index contributed by atoms with van der Waals surface area (Å²) in [6.45, 7) is 2.15. The summed E-state index contributed by atoms with van der Waals surface area (Å²) in [5.41, 5.74) is 2.15. The number of hydrogen-bond donors (Lipinski definition) is 2. The van der Waals surface area contributed by atoms with Crippen molar-refractivity contribution in [3.8, 4) is 5.75 Å². The fourth-order valence-corrected chi connectivity index (χ4v) is 2.54. The van der Waals surface area contributed by atoms with Gasteiger partial charge in [-0.05, 0) is 54.5 Å². The van der Waals surface area contributed by atoms with E-state index in [9.17, 15) is 14.7 Å². The van der Waals surface area contributed by atoms with E-state index in [4.69, 9.17) is 0 Å². The van der Waals surface area contributed by atoms with E-state index in [0.29, 0.717) is 17.7 Å². The summed E-state index contributed by atoms with van der Waals surface area (Å²) >= 11 is 0. The number of unbranched alkanes of at least 4 members (excludes halogenated alkanes) is 3. The molecule has 0 saturated heterocycles. The van der Waals surface area contributed by atoms with Gasteiger partial charge in [-0.3, -0.25) is 9.59 Å². The van der Waals surface area contributed by atoms with Gasteiger partial charge in [0.15, 0.2) is 5.78 Å². The minimum Gasteiger partial charge on any atom is -0.508 e. The number of phenols is 1. The summed E-state index contributed by atoms with van der Waals surface area (Å²) in [7, 11) is 0. The lowest BCUT2D eigenvalue weighted by molar-refractivity contribution is -0.111. The molecule has 2 aromatic rings. The Hall–Kier alpha value is -2.88. The van der Waals surface area contributed by atoms with Gasteiger partial charge in [0.05, 0.1) is 0 Å². The molecule has 136 valence electrons. The molecule has 4 nitrogen and oxygen atoms in total. The first-order valence-electron chi connectivity index (χ1n) is 9.00. The Morgan fingerprint density at radius 1 is 0.962 bits per heavy atom. The molecule has 0 fully saturated rings. The Morgan fingerprint density at radius 3 is 2.31 bits per heavy atom. The molecular weight excluding hydrogens is 326 g/mol. The highest BCUT2D eigenvalue weighted by Gasteiger charge is 2.06. The smallest absolute Gasteiger partial charge is 0.248 e. The average Bonchev–Trinajstić information content (AvgIpc) is 2.65. The summed E-state index contributed by atoms with van der Waals surface area (Å²) < 4.78 is 0. The molecule has 0 aliphatic rings. The van der Waals surface area contributed by atoms with Crippen molar-refractivity contribution in [3.05, 3.63) is 65.7 Å². The summed E-state index contributed by atoms with van der Waals surface area (Å²) in [4.78, 5) is 24.1. The molecule has 0 bridgehead atoms. The van der Waals surface area contributed by atoms with E-state index in [2.05, 4.69) is 12.2 Å². The molecule has 0 spiro atoms. The van der Waals surface area contributed by atoms with Crippen molar-refractivity contribution in [2.24, 2.45) is 0 Å². The van der Waals surface area contributed by atoms with Crippen molar-refractivity contribution in [2.45, 2.75) is 39.0 Å².